The molecule has 0 aromatic heterocycles. The highest BCUT2D eigenvalue weighted by Gasteiger charge is 2.30. The summed E-state index contributed by atoms with van der Waals surface area (Å²) < 4.78 is 0. The number of anilines is 2. The summed E-state index contributed by atoms with van der Waals surface area (Å²) in [5.41, 5.74) is 5.93. The zero-order valence-electron chi connectivity index (χ0n) is 14.5. The van der Waals surface area contributed by atoms with E-state index in [0.29, 0.717) is 0 Å². The predicted octanol–water partition coefficient (Wildman–Crippen LogP) is 6.05. The molecule has 0 unspecified atom stereocenters. The fraction of sp³-hybridized carbons (Fsp3) is 0.136. The Bertz CT molecular complexity index is 924. The van der Waals surface area contributed by atoms with Crippen molar-refractivity contribution in [2.75, 3.05) is 4.90 Å². The SMILES string of the molecule is Cc1cc(C)c(C(=O)N2c3ccccc3Sc3ccccc32)c(C)c1. The first-order chi connectivity index (χ1) is 12.1. The molecule has 0 radical (unpaired) electrons. The number of hydrogen-bond donors (Lipinski definition) is 0. The van der Waals surface area contributed by atoms with Gasteiger partial charge in [-0.2, -0.15) is 0 Å². The van der Waals surface area contributed by atoms with Crippen LogP contribution in [0.15, 0.2) is 70.5 Å². The van der Waals surface area contributed by atoms with Gasteiger partial charge in [0.15, 0.2) is 0 Å². The lowest BCUT2D eigenvalue weighted by molar-refractivity contribution is 0.0997. The third kappa shape index (κ3) is 2.65. The smallest absolute Gasteiger partial charge is 0.263 e. The van der Waals surface area contributed by atoms with E-state index in [0.717, 1.165) is 37.9 Å². The second kappa shape index (κ2) is 6.08. The molecule has 3 heteroatoms. The Morgan fingerprint density at radius 2 is 1.28 bits per heavy atom. The van der Waals surface area contributed by atoms with Crippen LogP contribution in [0.4, 0.5) is 11.4 Å². The van der Waals surface area contributed by atoms with Gasteiger partial charge in [0.1, 0.15) is 0 Å². The molecule has 3 aromatic carbocycles. The highest BCUT2D eigenvalue weighted by molar-refractivity contribution is 7.99. The normalized spacial score (nSPS) is 12.5. The van der Waals surface area contributed by atoms with Gasteiger partial charge < -0.3 is 0 Å². The van der Waals surface area contributed by atoms with Gasteiger partial charge in [-0.05, 0) is 56.2 Å². The first-order valence-corrected chi connectivity index (χ1v) is 9.16. The second-order valence-corrected chi connectivity index (χ2v) is 7.54. The maximum Gasteiger partial charge on any atom is 0.263 e. The number of nitrogens with zero attached hydrogens (tertiary/aromatic N) is 1. The number of benzene rings is 3. The first-order valence-electron chi connectivity index (χ1n) is 8.34. The number of hydrogen-bond acceptors (Lipinski definition) is 2. The van der Waals surface area contributed by atoms with Crippen LogP contribution in [0.3, 0.4) is 0 Å². The third-order valence-corrected chi connectivity index (χ3v) is 5.66. The summed E-state index contributed by atoms with van der Waals surface area (Å²) in [4.78, 5) is 17.7. The van der Waals surface area contributed by atoms with Crippen LogP contribution in [-0.4, -0.2) is 5.91 Å². The van der Waals surface area contributed by atoms with E-state index in [1.165, 1.54) is 5.56 Å². The summed E-state index contributed by atoms with van der Waals surface area (Å²) in [5.74, 6) is 0.0372. The monoisotopic (exact) mass is 345 g/mol. The molecule has 1 heterocycles. The molecule has 0 bridgehead atoms. The maximum absolute atomic E-state index is 13.6. The molecule has 25 heavy (non-hydrogen) atoms. The zero-order chi connectivity index (χ0) is 17.6. The average molecular weight is 345 g/mol. The number of aryl methyl sites for hydroxylation is 3. The minimum Gasteiger partial charge on any atom is -0.275 e. The van der Waals surface area contributed by atoms with Crippen molar-refractivity contribution < 1.29 is 4.79 Å². The summed E-state index contributed by atoms with van der Waals surface area (Å²) in [7, 11) is 0. The van der Waals surface area contributed by atoms with E-state index >= 15 is 0 Å². The fourth-order valence-corrected chi connectivity index (χ4v) is 4.61. The van der Waals surface area contributed by atoms with Crippen molar-refractivity contribution >= 4 is 29.0 Å². The Morgan fingerprint density at radius 3 is 1.80 bits per heavy atom. The largest absolute Gasteiger partial charge is 0.275 e. The lowest BCUT2D eigenvalue weighted by Gasteiger charge is -2.32. The predicted molar refractivity (Wildman–Crippen MR) is 104 cm³/mol. The van der Waals surface area contributed by atoms with Crippen LogP contribution in [0.2, 0.25) is 0 Å². The minimum atomic E-state index is 0.0372. The summed E-state index contributed by atoms with van der Waals surface area (Å²) in [5, 5.41) is 0. The minimum absolute atomic E-state index is 0.0372. The molecular formula is C22H19NOS. The Morgan fingerprint density at radius 1 is 0.800 bits per heavy atom. The van der Waals surface area contributed by atoms with E-state index < -0.39 is 0 Å². The summed E-state index contributed by atoms with van der Waals surface area (Å²) in [6.07, 6.45) is 0. The van der Waals surface area contributed by atoms with Gasteiger partial charge in [0.25, 0.3) is 5.91 Å². The van der Waals surface area contributed by atoms with Gasteiger partial charge >= 0.3 is 0 Å². The maximum atomic E-state index is 13.6. The topological polar surface area (TPSA) is 20.3 Å². The van der Waals surface area contributed by atoms with Gasteiger partial charge in [-0.25, -0.2) is 0 Å². The van der Waals surface area contributed by atoms with Gasteiger partial charge in [0.05, 0.1) is 11.4 Å². The zero-order valence-corrected chi connectivity index (χ0v) is 15.4. The standard InChI is InChI=1S/C22H19NOS/c1-14-12-15(2)21(16(3)13-14)22(24)23-17-8-4-6-10-19(17)25-20-11-7-5-9-18(20)23/h4-13H,1-3H3. The van der Waals surface area contributed by atoms with Gasteiger partial charge in [0.2, 0.25) is 0 Å². The van der Waals surface area contributed by atoms with Crippen LogP contribution in [-0.2, 0) is 0 Å². The highest BCUT2D eigenvalue weighted by atomic mass is 32.2. The van der Waals surface area contributed by atoms with Gasteiger partial charge in [0, 0.05) is 15.4 Å². The summed E-state index contributed by atoms with van der Waals surface area (Å²) in [6, 6.07) is 20.4. The van der Waals surface area contributed by atoms with Crippen LogP contribution in [0.25, 0.3) is 0 Å². The molecule has 0 atom stereocenters. The molecule has 0 saturated heterocycles. The molecule has 2 nitrogen and oxygen atoms in total. The highest BCUT2D eigenvalue weighted by Crippen LogP contribution is 2.48. The van der Waals surface area contributed by atoms with Gasteiger partial charge in [-0.15, -0.1) is 0 Å². The van der Waals surface area contributed by atoms with E-state index in [1.807, 2.05) is 55.1 Å². The molecule has 0 spiro atoms. The van der Waals surface area contributed by atoms with E-state index in [1.54, 1.807) is 11.8 Å². The fourth-order valence-electron chi connectivity index (χ4n) is 3.55. The number of rotatable bonds is 1. The molecule has 1 aliphatic rings. The number of fused-ring (bicyclic) bond motifs is 2. The van der Waals surface area contributed by atoms with Gasteiger partial charge in [-0.3, -0.25) is 9.69 Å². The number of carbonyl (C=O) groups is 1. The summed E-state index contributed by atoms with van der Waals surface area (Å²) >= 11 is 1.72. The van der Waals surface area contributed by atoms with Crippen LogP contribution in [0.5, 0.6) is 0 Å². The van der Waals surface area contributed by atoms with Crippen LogP contribution < -0.4 is 4.90 Å². The quantitative estimate of drug-likeness (QED) is 0.535. The Hall–Kier alpha value is -2.52. The molecule has 0 saturated carbocycles. The van der Waals surface area contributed by atoms with Crippen molar-refractivity contribution in [3.63, 3.8) is 0 Å². The van der Waals surface area contributed by atoms with E-state index in [9.17, 15) is 4.79 Å². The summed E-state index contributed by atoms with van der Waals surface area (Å²) in [6.45, 7) is 6.10. The van der Waals surface area contributed by atoms with Crippen molar-refractivity contribution in [3.8, 4) is 0 Å². The number of para-hydroxylation sites is 2. The molecule has 1 amide bonds. The molecule has 0 fully saturated rings. The molecular weight excluding hydrogens is 326 g/mol. The van der Waals surface area contributed by atoms with Crippen molar-refractivity contribution in [3.05, 3.63) is 82.9 Å². The number of carbonyl (C=O) groups excluding carboxylic acids is 1. The van der Waals surface area contributed by atoms with Crippen LogP contribution >= 0.6 is 11.8 Å². The Balaban J connectivity index is 1.93. The molecule has 4 rings (SSSR count). The molecule has 3 aromatic rings. The molecule has 124 valence electrons. The molecule has 1 aliphatic heterocycles. The lowest BCUT2D eigenvalue weighted by Crippen LogP contribution is -2.29. The van der Waals surface area contributed by atoms with Crippen LogP contribution in [0.1, 0.15) is 27.0 Å². The van der Waals surface area contributed by atoms with E-state index in [-0.39, 0.29) is 5.91 Å². The Labute approximate surface area is 152 Å². The first kappa shape index (κ1) is 16.0. The lowest BCUT2D eigenvalue weighted by atomic mass is 9.98. The van der Waals surface area contributed by atoms with Crippen LogP contribution in [0, 0.1) is 20.8 Å². The van der Waals surface area contributed by atoms with Crippen molar-refractivity contribution in [1.82, 2.24) is 0 Å². The van der Waals surface area contributed by atoms with Crippen molar-refractivity contribution in [2.24, 2.45) is 0 Å². The average Bonchev–Trinajstić information content (AvgIpc) is 2.58. The molecule has 0 N–H and O–H groups in total. The van der Waals surface area contributed by atoms with Crippen molar-refractivity contribution in [1.29, 1.82) is 0 Å². The third-order valence-electron chi connectivity index (χ3n) is 4.53. The van der Waals surface area contributed by atoms with E-state index in [2.05, 4.69) is 31.2 Å². The Kier molecular flexibility index (Phi) is 3.89. The molecule has 0 aliphatic carbocycles. The van der Waals surface area contributed by atoms with Crippen molar-refractivity contribution in [2.45, 2.75) is 30.6 Å². The second-order valence-electron chi connectivity index (χ2n) is 6.45. The van der Waals surface area contributed by atoms with E-state index in [4.69, 9.17) is 0 Å². The number of amides is 1. The van der Waals surface area contributed by atoms with Gasteiger partial charge in [-0.1, -0.05) is 53.7 Å².